The number of ether oxygens (including phenoxy) is 1. The van der Waals surface area contributed by atoms with Gasteiger partial charge < -0.3 is 4.74 Å². The number of thioether (sulfide) groups is 1. The molecule has 2 aromatic carbocycles. The van der Waals surface area contributed by atoms with E-state index in [1.165, 1.54) is 18.3 Å². The minimum Gasteiger partial charge on any atom is -0.457 e. The molecule has 1 N–H and O–H groups in total. The van der Waals surface area contributed by atoms with E-state index < -0.39 is 22.0 Å². The van der Waals surface area contributed by atoms with Crippen LogP contribution < -0.4 is 14.4 Å². The Bertz CT molecular complexity index is 1140. The zero-order valence-corrected chi connectivity index (χ0v) is 20.3. The fourth-order valence-corrected chi connectivity index (χ4v) is 5.67. The topological polar surface area (TPSA) is 101 Å². The number of carbonyl (C=O) groups excluding carboxylic acids is 1. The maximum Gasteiger partial charge on any atom is 0.249 e. The number of aromatic nitrogens is 2. The number of benzene rings is 2. The van der Waals surface area contributed by atoms with Crippen LogP contribution in [0.2, 0.25) is 0 Å². The Morgan fingerprint density at radius 2 is 1.78 bits per heavy atom. The predicted octanol–water partition coefficient (Wildman–Crippen LogP) is 4.63. The third-order valence-electron chi connectivity index (χ3n) is 4.22. The summed E-state index contributed by atoms with van der Waals surface area (Å²) in [7, 11) is -3.74. The Labute approximate surface area is 196 Å². The molecule has 32 heavy (non-hydrogen) atoms. The van der Waals surface area contributed by atoms with Gasteiger partial charge in [0.25, 0.3) is 0 Å². The van der Waals surface area contributed by atoms with Crippen LogP contribution in [0.25, 0.3) is 0 Å². The smallest absolute Gasteiger partial charge is 0.249 e. The Morgan fingerprint density at radius 1 is 1.12 bits per heavy atom. The van der Waals surface area contributed by atoms with Crippen molar-refractivity contribution in [2.45, 2.75) is 30.6 Å². The third kappa shape index (κ3) is 6.44. The van der Waals surface area contributed by atoms with Crippen molar-refractivity contribution in [3.05, 3.63) is 54.6 Å². The van der Waals surface area contributed by atoms with Gasteiger partial charge in [-0.2, -0.15) is 0 Å². The summed E-state index contributed by atoms with van der Waals surface area (Å²) >= 11 is 2.82. The summed E-state index contributed by atoms with van der Waals surface area (Å²) < 4.78 is 32.6. The Balaban J connectivity index is 1.74. The number of sulfonamides is 1. The average molecular weight is 493 g/mol. The SMILES string of the molecule is CCCSc1nnc(NC(=O)[C@@H](C)N(c2ccc(Oc3ccccc3)cc2)S(C)(=O)=O)s1. The van der Waals surface area contributed by atoms with Gasteiger partial charge in [-0.15, -0.1) is 10.2 Å². The fraction of sp³-hybridized carbons (Fsp3) is 0.286. The second-order valence-corrected chi connectivity index (χ2v) is 11.0. The molecule has 3 rings (SSSR count). The van der Waals surface area contributed by atoms with E-state index in [1.807, 2.05) is 30.3 Å². The van der Waals surface area contributed by atoms with E-state index in [2.05, 4.69) is 22.4 Å². The molecule has 0 spiro atoms. The number of hydrogen-bond donors (Lipinski definition) is 1. The van der Waals surface area contributed by atoms with E-state index in [4.69, 9.17) is 4.74 Å². The lowest BCUT2D eigenvalue weighted by Crippen LogP contribution is -2.45. The summed E-state index contributed by atoms with van der Waals surface area (Å²) in [6.45, 7) is 3.59. The number of nitrogens with zero attached hydrogens (tertiary/aromatic N) is 3. The van der Waals surface area contributed by atoms with Crippen molar-refractivity contribution in [2.75, 3.05) is 21.6 Å². The maximum absolute atomic E-state index is 12.8. The highest BCUT2D eigenvalue weighted by Gasteiger charge is 2.29. The van der Waals surface area contributed by atoms with Crippen LogP contribution in [0.3, 0.4) is 0 Å². The summed E-state index contributed by atoms with van der Waals surface area (Å²) in [5.74, 6) is 1.63. The zero-order valence-electron chi connectivity index (χ0n) is 17.9. The van der Waals surface area contributed by atoms with Crippen LogP contribution in [-0.4, -0.2) is 42.6 Å². The quantitative estimate of drug-likeness (QED) is 0.325. The van der Waals surface area contributed by atoms with E-state index in [9.17, 15) is 13.2 Å². The molecule has 0 fully saturated rings. The Morgan fingerprint density at radius 3 is 2.41 bits per heavy atom. The number of carbonyl (C=O) groups is 1. The average Bonchev–Trinajstić information content (AvgIpc) is 3.20. The molecular formula is C21H24N4O4S3. The molecule has 0 radical (unpaired) electrons. The molecule has 1 atom stereocenters. The molecule has 0 unspecified atom stereocenters. The normalized spacial score (nSPS) is 12.2. The van der Waals surface area contributed by atoms with Crippen molar-refractivity contribution in [3.8, 4) is 11.5 Å². The molecule has 1 aromatic heterocycles. The second kappa shape index (κ2) is 10.8. The Hall–Kier alpha value is -2.63. The summed E-state index contributed by atoms with van der Waals surface area (Å²) in [5, 5.41) is 11.0. The van der Waals surface area contributed by atoms with Gasteiger partial charge in [-0.1, -0.05) is 48.2 Å². The van der Waals surface area contributed by atoms with Gasteiger partial charge in [0.05, 0.1) is 11.9 Å². The van der Waals surface area contributed by atoms with Gasteiger partial charge in [-0.3, -0.25) is 14.4 Å². The van der Waals surface area contributed by atoms with Crippen molar-refractivity contribution in [2.24, 2.45) is 0 Å². The first-order chi connectivity index (χ1) is 15.3. The van der Waals surface area contributed by atoms with Crippen LogP contribution in [0.4, 0.5) is 10.8 Å². The van der Waals surface area contributed by atoms with Gasteiger partial charge in [0.2, 0.25) is 21.1 Å². The van der Waals surface area contributed by atoms with Crippen LogP contribution in [0.15, 0.2) is 58.9 Å². The van der Waals surface area contributed by atoms with Gasteiger partial charge in [0.1, 0.15) is 17.5 Å². The minimum atomic E-state index is -3.74. The fourth-order valence-electron chi connectivity index (χ4n) is 2.81. The number of nitrogens with one attached hydrogen (secondary N) is 1. The van der Waals surface area contributed by atoms with Crippen molar-refractivity contribution in [3.63, 3.8) is 0 Å². The first kappa shape index (κ1) is 24.0. The number of rotatable bonds is 10. The highest BCUT2D eigenvalue weighted by molar-refractivity contribution is 8.01. The zero-order chi connectivity index (χ0) is 23.1. The van der Waals surface area contributed by atoms with E-state index in [-0.39, 0.29) is 0 Å². The van der Waals surface area contributed by atoms with Crippen LogP contribution in [-0.2, 0) is 14.8 Å². The standard InChI is InChI=1S/C21H24N4O4S3/c1-4-14-30-21-24-23-20(31-21)22-19(26)15(2)25(32(3,27)28)16-10-12-18(13-11-16)29-17-8-6-5-7-9-17/h5-13,15H,4,14H2,1-3H3,(H,22,23,26)/t15-/m1/s1. The maximum atomic E-state index is 12.8. The molecule has 0 aliphatic rings. The lowest BCUT2D eigenvalue weighted by Gasteiger charge is -2.28. The van der Waals surface area contributed by atoms with Crippen molar-refractivity contribution in [1.29, 1.82) is 0 Å². The molecule has 3 aromatic rings. The summed E-state index contributed by atoms with van der Waals surface area (Å²) in [5.41, 5.74) is 0.354. The second-order valence-electron chi connectivity index (χ2n) is 6.85. The molecule has 0 saturated carbocycles. The summed E-state index contributed by atoms with van der Waals surface area (Å²) in [6, 6.07) is 14.8. The van der Waals surface area contributed by atoms with Crippen LogP contribution >= 0.6 is 23.1 Å². The number of para-hydroxylation sites is 1. The molecule has 0 bridgehead atoms. The van der Waals surface area contributed by atoms with Crippen LogP contribution in [0, 0.1) is 0 Å². The molecular weight excluding hydrogens is 468 g/mol. The highest BCUT2D eigenvalue weighted by atomic mass is 32.2. The van der Waals surface area contributed by atoms with Crippen LogP contribution in [0.5, 0.6) is 11.5 Å². The van der Waals surface area contributed by atoms with Crippen molar-refractivity contribution < 1.29 is 17.9 Å². The number of anilines is 2. The molecule has 8 nitrogen and oxygen atoms in total. The van der Waals surface area contributed by atoms with Crippen molar-refractivity contribution >= 4 is 49.8 Å². The third-order valence-corrected chi connectivity index (χ3v) is 7.64. The van der Waals surface area contributed by atoms with Crippen molar-refractivity contribution in [1.82, 2.24) is 10.2 Å². The lowest BCUT2D eigenvalue weighted by molar-refractivity contribution is -0.116. The van der Waals surface area contributed by atoms with Crippen LogP contribution in [0.1, 0.15) is 20.3 Å². The predicted molar refractivity (Wildman–Crippen MR) is 129 cm³/mol. The number of amides is 1. The lowest BCUT2D eigenvalue weighted by atomic mass is 10.2. The molecule has 1 amide bonds. The highest BCUT2D eigenvalue weighted by Crippen LogP contribution is 2.28. The van der Waals surface area contributed by atoms with E-state index in [0.717, 1.165) is 27.1 Å². The van der Waals surface area contributed by atoms with Gasteiger partial charge in [-0.25, -0.2) is 8.42 Å². The van der Waals surface area contributed by atoms with E-state index in [0.29, 0.717) is 22.3 Å². The van der Waals surface area contributed by atoms with E-state index in [1.54, 1.807) is 36.0 Å². The minimum absolute atomic E-state index is 0.334. The molecule has 0 aliphatic heterocycles. The van der Waals surface area contributed by atoms with Gasteiger partial charge >= 0.3 is 0 Å². The monoisotopic (exact) mass is 492 g/mol. The molecule has 0 aliphatic carbocycles. The first-order valence-corrected chi connectivity index (χ1v) is 13.5. The molecule has 1 heterocycles. The molecule has 0 saturated heterocycles. The first-order valence-electron chi connectivity index (χ1n) is 9.87. The number of hydrogen-bond acceptors (Lipinski definition) is 8. The largest absolute Gasteiger partial charge is 0.457 e. The van der Waals surface area contributed by atoms with Gasteiger partial charge in [0, 0.05) is 5.75 Å². The summed E-state index contributed by atoms with van der Waals surface area (Å²) in [6.07, 6.45) is 2.07. The molecule has 170 valence electrons. The van der Waals surface area contributed by atoms with Gasteiger partial charge in [-0.05, 0) is 49.7 Å². The van der Waals surface area contributed by atoms with Gasteiger partial charge in [0.15, 0.2) is 4.34 Å². The Kier molecular flexibility index (Phi) is 8.10. The molecule has 11 heteroatoms. The van der Waals surface area contributed by atoms with E-state index >= 15 is 0 Å². The summed E-state index contributed by atoms with van der Waals surface area (Å²) in [4.78, 5) is 12.8.